The van der Waals surface area contributed by atoms with E-state index in [1.54, 1.807) is 0 Å². The summed E-state index contributed by atoms with van der Waals surface area (Å²) >= 11 is 0. The van der Waals surface area contributed by atoms with Gasteiger partial charge in [-0.1, -0.05) is 12.8 Å². The molecule has 24 heavy (non-hydrogen) atoms. The number of guanidine groups is 1. The van der Waals surface area contributed by atoms with Crippen molar-refractivity contribution in [3.8, 4) is 0 Å². The molecule has 3 atom stereocenters. The summed E-state index contributed by atoms with van der Waals surface area (Å²) in [6.07, 6.45) is 9.36. The number of nitrogens with zero attached hydrogens (tertiary/aromatic N) is 2. The van der Waals surface area contributed by atoms with Crippen LogP contribution in [0.2, 0.25) is 0 Å². The van der Waals surface area contributed by atoms with Crippen LogP contribution in [0.15, 0.2) is 4.99 Å². The summed E-state index contributed by atoms with van der Waals surface area (Å²) in [5, 5.41) is 3.51. The van der Waals surface area contributed by atoms with Crippen LogP contribution in [0.5, 0.6) is 0 Å². The number of aliphatic imine (C=N–C) groups is 1. The van der Waals surface area contributed by atoms with Crippen molar-refractivity contribution in [2.24, 2.45) is 16.8 Å². The van der Waals surface area contributed by atoms with Crippen LogP contribution in [0.4, 0.5) is 0 Å². The van der Waals surface area contributed by atoms with E-state index in [9.17, 15) is 0 Å². The van der Waals surface area contributed by atoms with Crippen molar-refractivity contribution in [3.05, 3.63) is 0 Å². The van der Waals surface area contributed by atoms with Crippen LogP contribution in [0.3, 0.4) is 0 Å². The van der Waals surface area contributed by atoms with E-state index in [4.69, 9.17) is 9.47 Å². The Balaban J connectivity index is 0.00000208. The summed E-state index contributed by atoms with van der Waals surface area (Å²) < 4.78 is 11.3. The number of hydrogen-bond acceptors (Lipinski definition) is 3. The van der Waals surface area contributed by atoms with Gasteiger partial charge in [0.1, 0.15) is 0 Å². The zero-order valence-electron chi connectivity index (χ0n) is 15.0. The van der Waals surface area contributed by atoms with Crippen molar-refractivity contribution in [1.82, 2.24) is 10.2 Å². The minimum atomic E-state index is 0. The monoisotopic (exact) mass is 451 g/mol. The highest BCUT2D eigenvalue weighted by Crippen LogP contribution is 2.35. The van der Waals surface area contributed by atoms with Crippen molar-refractivity contribution >= 4 is 29.9 Å². The van der Waals surface area contributed by atoms with Gasteiger partial charge in [0.15, 0.2) is 5.96 Å². The van der Waals surface area contributed by atoms with Crippen molar-refractivity contribution < 1.29 is 9.47 Å². The van der Waals surface area contributed by atoms with Crippen LogP contribution < -0.4 is 5.32 Å². The van der Waals surface area contributed by atoms with E-state index in [1.807, 2.05) is 7.05 Å². The molecular formula is C18H34IN3O2. The predicted octanol–water partition coefficient (Wildman–Crippen LogP) is 2.89. The topological polar surface area (TPSA) is 46.1 Å². The average Bonchev–Trinajstić information content (AvgIpc) is 3.23. The lowest BCUT2D eigenvalue weighted by atomic mass is 9.82. The molecule has 2 heterocycles. The molecule has 5 nitrogen and oxygen atoms in total. The fraction of sp³-hybridized carbons (Fsp3) is 0.944. The number of halogens is 1. The minimum absolute atomic E-state index is 0. The van der Waals surface area contributed by atoms with Gasteiger partial charge < -0.3 is 19.7 Å². The molecule has 2 saturated heterocycles. The molecule has 1 aliphatic carbocycles. The summed E-state index contributed by atoms with van der Waals surface area (Å²) in [5.74, 6) is 2.88. The number of ether oxygens (including phenoxy) is 2. The molecule has 140 valence electrons. The predicted molar refractivity (Wildman–Crippen MR) is 108 cm³/mol. The lowest BCUT2D eigenvalue weighted by molar-refractivity contribution is 0.0168. The van der Waals surface area contributed by atoms with Gasteiger partial charge in [-0.25, -0.2) is 0 Å². The summed E-state index contributed by atoms with van der Waals surface area (Å²) in [7, 11) is 1.90. The van der Waals surface area contributed by atoms with Gasteiger partial charge in [0, 0.05) is 39.9 Å². The highest BCUT2D eigenvalue weighted by Gasteiger charge is 2.35. The molecular weight excluding hydrogens is 417 g/mol. The van der Waals surface area contributed by atoms with Crippen LogP contribution >= 0.6 is 24.0 Å². The Morgan fingerprint density at radius 3 is 2.54 bits per heavy atom. The number of hydrogen-bond donors (Lipinski definition) is 1. The number of likely N-dealkylation sites (tertiary alicyclic amines) is 1. The Kier molecular flexibility index (Phi) is 9.11. The van der Waals surface area contributed by atoms with Gasteiger partial charge in [-0.3, -0.25) is 4.99 Å². The van der Waals surface area contributed by atoms with E-state index >= 15 is 0 Å². The molecule has 3 aliphatic rings. The quantitative estimate of drug-likeness (QED) is 0.292. The standard InChI is InChI=1S/C18H33N3O2.HI/c1-19-18(21-12-15-6-2-3-7-16(15)13-21)20-9-5-10-22-14-17-8-4-11-23-17;/h15-17H,2-14H2,1H3,(H,19,20);1H. The second-order valence-electron chi connectivity index (χ2n) is 7.25. The molecule has 3 unspecified atom stereocenters. The Labute approximate surface area is 164 Å². The molecule has 6 heteroatoms. The third-order valence-corrected chi connectivity index (χ3v) is 5.56. The van der Waals surface area contributed by atoms with Crippen LogP contribution in [0, 0.1) is 11.8 Å². The van der Waals surface area contributed by atoms with Crippen molar-refractivity contribution in [1.29, 1.82) is 0 Å². The van der Waals surface area contributed by atoms with Gasteiger partial charge in [-0.05, 0) is 43.9 Å². The maximum atomic E-state index is 5.72. The van der Waals surface area contributed by atoms with E-state index < -0.39 is 0 Å². The second kappa shape index (κ2) is 10.8. The third kappa shape index (κ3) is 5.73. The van der Waals surface area contributed by atoms with Crippen LogP contribution in [0.25, 0.3) is 0 Å². The SMILES string of the molecule is CN=C(NCCCOCC1CCCO1)N1CC2CCCCC2C1.I. The third-order valence-electron chi connectivity index (χ3n) is 5.56. The van der Waals surface area contributed by atoms with Gasteiger partial charge in [0.25, 0.3) is 0 Å². The van der Waals surface area contributed by atoms with Crippen LogP contribution in [-0.2, 0) is 9.47 Å². The number of rotatable bonds is 6. The van der Waals surface area contributed by atoms with Crippen LogP contribution in [-0.4, -0.2) is 63.5 Å². The Morgan fingerprint density at radius 2 is 1.92 bits per heavy atom. The first-order chi connectivity index (χ1) is 11.4. The fourth-order valence-electron chi connectivity index (χ4n) is 4.28. The van der Waals surface area contributed by atoms with Crippen molar-refractivity contribution in [2.45, 2.75) is 51.0 Å². The highest BCUT2D eigenvalue weighted by atomic mass is 127. The number of fused-ring (bicyclic) bond motifs is 1. The van der Waals surface area contributed by atoms with E-state index in [0.717, 1.165) is 57.0 Å². The fourth-order valence-corrected chi connectivity index (χ4v) is 4.28. The van der Waals surface area contributed by atoms with Gasteiger partial charge in [0.05, 0.1) is 12.7 Å². The molecule has 0 aromatic carbocycles. The molecule has 2 aliphatic heterocycles. The maximum Gasteiger partial charge on any atom is 0.193 e. The van der Waals surface area contributed by atoms with Crippen molar-refractivity contribution in [3.63, 3.8) is 0 Å². The first kappa shape index (κ1) is 20.2. The van der Waals surface area contributed by atoms with E-state index in [-0.39, 0.29) is 24.0 Å². The normalized spacial score (nSPS) is 30.1. The molecule has 1 N–H and O–H groups in total. The molecule has 0 aromatic heterocycles. The lowest BCUT2D eigenvalue weighted by Gasteiger charge is -2.22. The molecule has 0 aromatic rings. The zero-order valence-corrected chi connectivity index (χ0v) is 17.4. The minimum Gasteiger partial charge on any atom is -0.379 e. The van der Waals surface area contributed by atoms with E-state index in [1.165, 1.54) is 45.2 Å². The van der Waals surface area contributed by atoms with E-state index in [0.29, 0.717) is 6.10 Å². The summed E-state index contributed by atoms with van der Waals surface area (Å²) in [6.45, 7) is 5.78. The van der Waals surface area contributed by atoms with Gasteiger partial charge in [0.2, 0.25) is 0 Å². The largest absolute Gasteiger partial charge is 0.379 e. The van der Waals surface area contributed by atoms with Crippen LogP contribution in [0.1, 0.15) is 44.9 Å². The molecule has 0 bridgehead atoms. The summed E-state index contributed by atoms with van der Waals surface area (Å²) in [4.78, 5) is 6.95. The van der Waals surface area contributed by atoms with Gasteiger partial charge >= 0.3 is 0 Å². The first-order valence-electron chi connectivity index (χ1n) is 9.51. The Bertz CT molecular complexity index is 374. The highest BCUT2D eigenvalue weighted by molar-refractivity contribution is 14.0. The average molecular weight is 451 g/mol. The molecule has 0 radical (unpaired) electrons. The molecule has 0 spiro atoms. The lowest BCUT2D eigenvalue weighted by Crippen LogP contribution is -2.40. The zero-order chi connectivity index (χ0) is 15.9. The molecule has 3 fully saturated rings. The maximum absolute atomic E-state index is 5.72. The molecule has 3 rings (SSSR count). The Hall–Kier alpha value is -0.0800. The smallest absolute Gasteiger partial charge is 0.193 e. The first-order valence-corrected chi connectivity index (χ1v) is 9.51. The molecule has 0 amide bonds. The van der Waals surface area contributed by atoms with Crippen molar-refractivity contribution in [2.75, 3.05) is 46.5 Å². The Morgan fingerprint density at radius 1 is 1.17 bits per heavy atom. The van der Waals surface area contributed by atoms with Gasteiger partial charge in [-0.2, -0.15) is 0 Å². The van der Waals surface area contributed by atoms with Gasteiger partial charge in [-0.15, -0.1) is 24.0 Å². The van der Waals surface area contributed by atoms with E-state index in [2.05, 4.69) is 15.2 Å². The second-order valence-corrected chi connectivity index (χ2v) is 7.25. The molecule has 1 saturated carbocycles. The summed E-state index contributed by atoms with van der Waals surface area (Å²) in [5.41, 5.74) is 0. The summed E-state index contributed by atoms with van der Waals surface area (Å²) in [6, 6.07) is 0. The number of nitrogens with one attached hydrogen (secondary N) is 1.